The summed E-state index contributed by atoms with van der Waals surface area (Å²) in [4.78, 5) is 12.1. The number of hydrogen-bond donors (Lipinski definition) is 3. The standard InChI is InChI=1S/C15H10O5/c16-9-7-10-12(15(19)13(9)17)14(18)11(20-10)6-8-4-2-1-3-5-8/h1-7,16-17,19H. The van der Waals surface area contributed by atoms with Crippen LogP contribution in [-0.2, 0) is 0 Å². The average Bonchev–Trinajstić information content (AvgIpc) is 2.74. The van der Waals surface area contributed by atoms with Crippen molar-refractivity contribution >= 4 is 11.9 Å². The number of fused-ring (bicyclic) bond motifs is 1. The molecule has 0 fully saturated rings. The first-order valence-corrected chi connectivity index (χ1v) is 5.85. The molecule has 0 aromatic heterocycles. The van der Waals surface area contributed by atoms with Gasteiger partial charge in [-0.3, -0.25) is 4.79 Å². The molecule has 0 atom stereocenters. The number of phenolic OH excluding ortho intramolecular Hbond substituents is 3. The Balaban J connectivity index is 2.08. The van der Waals surface area contributed by atoms with Crippen LogP contribution in [0.3, 0.4) is 0 Å². The van der Waals surface area contributed by atoms with E-state index in [-0.39, 0.29) is 17.1 Å². The Morgan fingerprint density at radius 1 is 1.00 bits per heavy atom. The van der Waals surface area contributed by atoms with Gasteiger partial charge in [0.25, 0.3) is 0 Å². The molecule has 3 rings (SSSR count). The fourth-order valence-electron chi connectivity index (χ4n) is 2.00. The number of carbonyl (C=O) groups is 1. The van der Waals surface area contributed by atoms with Gasteiger partial charge in [-0.2, -0.15) is 0 Å². The Hall–Kier alpha value is -2.95. The van der Waals surface area contributed by atoms with Gasteiger partial charge >= 0.3 is 0 Å². The summed E-state index contributed by atoms with van der Waals surface area (Å²) in [6.45, 7) is 0. The minimum absolute atomic E-state index is 0.0185. The van der Waals surface area contributed by atoms with Crippen LogP contribution in [0.1, 0.15) is 15.9 Å². The zero-order valence-corrected chi connectivity index (χ0v) is 10.2. The number of phenols is 3. The summed E-state index contributed by atoms with van der Waals surface area (Å²) in [7, 11) is 0. The molecule has 0 radical (unpaired) electrons. The van der Waals surface area contributed by atoms with Crippen molar-refractivity contribution in [2.75, 3.05) is 0 Å². The van der Waals surface area contributed by atoms with Crippen molar-refractivity contribution in [2.24, 2.45) is 0 Å². The maximum Gasteiger partial charge on any atom is 0.235 e. The maximum absolute atomic E-state index is 12.1. The summed E-state index contributed by atoms with van der Waals surface area (Å²) in [5.41, 5.74) is 0.610. The summed E-state index contributed by atoms with van der Waals surface area (Å²) < 4.78 is 5.32. The zero-order valence-electron chi connectivity index (χ0n) is 10.2. The van der Waals surface area contributed by atoms with Crippen molar-refractivity contribution in [1.82, 2.24) is 0 Å². The number of hydrogen-bond acceptors (Lipinski definition) is 5. The number of allylic oxidation sites excluding steroid dienone is 1. The Kier molecular flexibility index (Phi) is 2.61. The van der Waals surface area contributed by atoms with E-state index < -0.39 is 23.0 Å². The number of carbonyl (C=O) groups excluding carboxylic acids is 1. The molecule has 2 aromatic carbocycles. The summed E-state index contributed by atoms with van der Waals surface area (Å²) in [5.74, 6) is -2.47. The molecule has 0 unspecified atom stereocenters. The molecule has 20 heavy (non-hydrogen) atoms. The lowest BCUT2D eigenvalue weighted by Crippen LogP contribution is -1.98. The first-order chi connectivity index (χ1) is 9.58. The van der Waals surface area contributed by atoms with Gasteiger partial charge in [-0.25, -0.2) is 0 Å². The fraction of sp³-hybridized carbons (Fsp3) is 0. The van der Waals surface area contributed by atoms with E-state index >= 15 is 0 Å². The third-order valence-corrected chi connectivity index (χ3v) is 2.99. The van der Waals surface area contributed by atoms with Gasteiger partial charge in [-0.05, 0) is 11.6 Å². The normalized spacial score (nSPS) is 15.2. The summed E-state index contributed by atoms with van der Waals surface area (Å²) in [6, 6.07) is 10.1. The maximum atomic E-state index is 12.1. The number of aromatic hydroxyl groups is 3. The van der Waals surface area contributed by atoms with Crippen LogP contribution in [0.2, 0.25) is 0 Å². The van der Waals surface area contributed by atoms with Crippen molar-refractivity contribution in [3.8, 4) is 23.0 Å². The van der Waals surface area contributed by atoms with Gasteiger partial charge in [0.05, 0.1) is 0 Å². The van der Waals surface area contributed by atoms with E-state index in [1.807, 2.05) is 18.2 Å². The largest absolute Gasteiger partial charge is 0.504 e. The molecule has 1 heterocycles. The number of rotatable bonds is 1. The lowest BCUT2D eigenvalue weighted by molar-refractivity contribution is 0.101. The monoisotopic (exact) mass is 270 g/mol. The van der Waals surface area contributed by atoms with Crippen molar-refractivity contribution < 1.29 is 24.9 Å². The molecule has 5 heteroatoms. The van der Waals surface area contributed by atoms with E-state index in [1.165, 1.54) is 6.08 Å². The average molecular weight is 270 g/mol. The van der Waals surface area contributed by atoms with Crippen molar-refractivity contribution in [3.05, 3.63) is 53.3 Å². The predicted octanol–water partition coefficient (Wildman–Crippen LogP) is 2.42. The van der Waals surface area contributed by atoms with Gasteiger partial charge in [0.1, 0.15) is 11.3 Å². The third-order valence-electron chi connectivity index (χ3n) is 2.99. The summed E-state index contributed by atoms with van der Waals surface area (Å²) in [6.07, 6.45) is 1.52. The molecule has 0 amide bonds. The van der Waals surface area contributed by atoms with Gasteiger partial charge in [0.2, 0.25) is 11.5 Å². The molecular weight excluding hydrogens is 260 g/mol. The van der Waals surface area contributed by atoms with E-state index in [2.05, 4.69) is 0 Å². The molecule has 0 bridgehead atoms. The molecule has 1 aliphatic heterocycles. The lowest BCUT2D eigenvalue weighted by Gasteiger charge is -2.03. The van der Waals surface area contributed by atoms with Crippen LogP contribution >= 0.6 is 0 Å². The molecule has 100 valence electrons. The Morgan fingerprint density at radius 2 is 1.70 bits per heavy atom. The zero-order chi connectivity index (χ0) is 14.3. The van der Waals surface area contributed by atoms with Gasteiger partial charge in [0.15, 0.2) is 17.3 Å². The first-order valence-electron chi connectivity index (χ1n) is 5.85. The van der Waals surface area contributed by atoms with Crippen LogP contribution in [0.25, 0.3) is 6.08 Å². The van der Waals surface area contributed by atoms with Crippen molar-refractivity contribution in [3.63, 3.8) is 0 Å². The Bertz CT molecular complexity index is 732. The molecule has 5 nitrogen and oxygen atoms in total. The van der Waals surface area contributed by atoms with E-state index in [4.69, 9.17) is 4.74 Å². The SMILES string of the molecule is O=C1C(=Cc2ccccc2)Oc2cc(O)c(O)c(O)c21. The van der Waals surface area contributed by atoms with Crippen LogP contribution in [0.5, 0.6) is 23.0 Å². The number of ether oxygens (including phenoxy) is 1. The van der Waals surface area contributed by atoms with Crippen LogP contribution in [0.15, 0.2) is 42.2 Å². The molecule has 0 saturated heterocycles. The van der Waals surface area contributed by atoms with Crippen LogP contribution < -0.4 is 4.74 Å². The smallest absolute Gasteiger partial charge is 0.235 e. The first kappa shape index (κ1) is 12.1. The second-order valence-electron chi connectivity index (χ2n) is 4.32. The van der Waals surface area contributed by atoms with Crippen LogP contribution in [0.4, 0.5) is 0 Å². The van der Waals surface area contributed by atoms with Gasteiger partial charge in [0, 0.05) is 6.07 Å². The minimum atomic E-state index is -0.735. The molecule has 2 aromatic rings. The molecule has 0 aliphatic carbocycles. The van der Waals surface area contributed by atoms with Gasteiger partial charge in [-0.15, -0.1) is 0 Å². The predicted molar refractivity (Wildman–Crippen MR) is 70.8 cm³/mol. The Labute approximate surface area is 114 Å². The molecule has 1 aliphatic rings. The topological polar surface area (TPSA) is 87.0 Å². The van der Waals surface area contributed by atoms with Gasteiger partial charge < -0.3 is 20.1 Å². The Morgan fingerprint density at radius 3 is 2.40 bits per heavy atom. The highest BCUT2D eigenvalue weighted by Crippen LogP contribution is 2.47. The molecule has 3 N–H and O–H groups in total. The quantitative estimate of drug-likeness (QED) is 0.547. The minimum Gasteiger partial charge on any atom is -0.504 e. The molecule has 0 spiro atoms. The number of benzene rings is 2. The van der Waals surface area contributed by atoms with Gasteiger partial charge in [-0.1, -0.05) is 30.3 Å². The highest BCUT2D eigenvalue weighted by molar-refractivity contribution is 6.16. The lowest BCUT2D eigenvalue weighted by atomic mass is 10.1. The molecular formula is C15H10O5. The second-order valence-corrected chi connectivity index (χ2v) is 4.32. The highest BCUT2D eigenvalue weighted by atomic mass is 16.5. The van der Waals surface area contributed by atoms with Crippen LogP contribution in [0, 0.1) is 0 Å². The van der Waals surface area contributed by atoms with E-state index in [9.17, 15) is 20.1 Å². The number of ketones is 1. The second kappa shape index (κ2) is 4.31. The highest BCUT2D eigenvalue weighted by Gasteiger charge is 2.33. The third kappa shape index (κ3) is 1.76. The summed E-state index contributed by atoms with van der Waals surface area (Å²) >= 11 is 0. The van der Waals surface area contributed by atoms with E-state index in [0.717, 1.165) is 11.6 Å². The van der Waals surface area contributed by atoms with Crippen molar-refractivity contribution in [1.29, 1.82) is 0 Å². The van der Waals surface area contributed by atoms with Crippen molar-refractivity contribution in [2.45, 2.75) is 0 Å². The number of Topliss-reactive ketones (excluding diaryl/α,β-unsaturated/α-hetero) is 1. The molecule has 0 saturated carbocycles. The fourth-order valence-corrected chi connectivity index (χ4v) is 2.00. The van der Waals surface area contributed by atoms with E-state index in [0.29, 0.717) is 0 Å². The summed E-state index contributed by atoms with van der Waals surface area (Å²) in [5, 5.41) is 28.6. The van der Waals surface area contributed by atoms with Crippen LogP contribution in [-0.4, -0.2) is 21.1 Å². The van der Waals surface area contributed by atoms with E-state index in [1.54, 1.807) is 12.1 Å².